The summed E-state index contributed by atoms with van der Waals surface area (Å²) >= 11 is 0. The monoisotopic (exact) mass is 400 g/mol. The predicted octanol–water partition coefficient (Wildman–Crippen LogP) is 2.11. The van der Waals surface area contributed by atoms with Gasteiger partial charge in [0.25, 0.3) is 0 Å². The predicted molar refractivity (Wildman–Crippen MR) is 98.5 cm³/mol. The van der Waals surface area contributed by atoms with Crippen LogP contribution in [-0.4, -0.2) is 43.8 Å². The first-order valence-corrected chi connectivity index (χ1v) is 9.26. The Labute approximate surface area is 166 Å². The van der Waals surface area contributed by atoms with E-state index in [4.69, 9.17) is 23.7 Å². The van der Waals surface area contributed by atoms with E-state index >= 15 is 0 Å². The number of aliphatic hydroxyl groups excluding tert-OH is 1. The maximum atomic E-state index is 12.7. The molecule has 2 aromatic rings. The third kappa shape index (κ3) is 2.52. The first-order chi connectivity index (χ1) is 14.0. The molecule has 0 unspecified atom stereocenters. The van der Waals surface area contributed by atoms with Gasteiger partial charge in [0.1, 0.15) is 0 Å². The van der Waals surface area contributed by atoms with Crippen molar-refractivity contribution in [3.63, 3.8) is 0 Å². The molecule has 2 aromatic carbocycles. The van der Waals surface area contributed by atoms with Crippen LogP contribution in [0.15, 0.2) is 24.3 Å². The van der Waals surface area contributed by atoms with Crippen LogP contribution in [0.2, 0.25) is 0 Å². The van der Waals surface area contributed by atoms with Crippen molar-refractivity contribution in [2.75, 3.05) is 27.6 Å². The third-order valence-corrected chi connectivity index (χ3v) is 6.01. The highest BCUT2D eigenvalue weighted by Gasteiger charge is 2.52. The highest BCUT2D eigenvalue weighted by molar-refractivity contribution is 5.79. The average Bonchev–Trinajstić information content (AvgIpc) is 3.34. The lowest BCUT2D eigenvalue weighted by molar-refractivity contribution is -0.141. The van der Waals surface area contributed by atoms with E-state index < -0.39 is 23.9 Å². The second kappa shape index (κ2) is 6.45. The van der Waals surface area contributed by atoms with E-state index in [1.807, 2.05) is 0 Å². The molecule has 0 spiro atoms. The van der Waals surface area contributed by atoms with Gasteiger partial charge in [-0.25, -0.2) is 0 Å². The first-order valence-electron chi connectivity index (χ1n) is 9.26. The number of esters is 1. The Bertz CT molecular complexity index is 975. The fourth-order valence-corrected chi connectivity index (χ4v) is 4.63. The van der Waals surface area contributed by atoms with E-state index in [2.05, 4.69) is 0 Å². The summed E-state index contributed by atoms with van der Waals surface area (Å²) in [5.74, 6) is -0.324. The molecule has 1 fully saturated rings. The Morgan fingerprint density at radius 2 is 1.59 bits per heavy atom. The molecule has 0 bridgehead atoms. The molecule has 1 aliphatic carbocycles. The molecule has 29 heavy (non-hydrogen) atoms. The number of cyclic esters (lactones) is 1. The number of phenolic OH excluding ortho intramolecular Hbond substituents is 1. The van der Waals surface area contributed by atoms with Crippen molar-refractivity contribution in [1.82, 2.24) is 0 Å². The molecule has 1 saturated heterocycles. The fourth-order valence-electron chi connectivity index (χ4n) is 4.63. The van der Waals surface area contributed by atoms with Crippen LogP contribution in [0.3, 0.4) is 0 Å². The SMILES string of the molecule is COc1cc([C@@H]2c3cc4c(cc3[C@H](O)[C@H]3COC(=O)[C@@H]23)OCO4)cc(OC)c1O. The number of aromatic hydroxyl groups is 1. The van der Waals surface area contributed by atoms with Crippen molar-refractivity contribution in [3.05, 3.63) is 41.0 Å². The minimum atomic E-state index is -0.867. The minimum Gasteiger partial charge on any atom is -0.502 e. The van der Waals surface area contributed by atoms with Crippen molar-refractivity contribution in [3.8, 4) is 28.7 Å². The van der Waals surface area contributed by atoms with E-state index in [0.717, 1.165) is 5.56 Å². The fraction of sp³-hybridized carbons (Fsp3) is 0.381. The van der Waals surface area contributed by atoms with Gasteiger partial charge < -0.3 is 33.9 Å². The molecule has 2 N–H and O–H groups in total. The molecule has 3 aliphatic rings. The second-order valence-electron chi connectivity index (χ2n) is 7.35. The van der Waals surface area contributed by atoms with E-state index in [1.165, 1.54) is 14.2 Å². The van der Waals surface area contributed by atoms with Gasteiger partial charge in [0.15, 0.2) is 23.0 Å². The van der Waals surface area contributed by atoms with Gasteiger partial charge in [-0.05, 0) is 41.0 Å². The van der Waals surface area contributed by atoms with Crippen molar-refractivity contribution in [2.45, 2.75) is 12.0 Å². The molecule has 0 aromatic heterocycles. The van der Waals surface area contributed by atoms with Crippen LogP contribution in [0, 0.1) is 11.8 Å². The summed E-state index contributed by atoms with van der Waals surface area (Å²) in [6.45, 7) is 0.246. The van der Waals surface area contributed by atoms with Crippen LogP contribution in [-0.2, 0) is 9.53 Å². The number of rotatable bonds is 3. The zero-order chi connectivity index (χ0) is 20.3. The van der Waals surface area contributed by atoms with Gasteiger partial charge in [-0.3, -0.25) is 4.79 Å². The molecule has 0 amide bonds. The molecule has 4 atom stereocenters. The van der Waals surface area contributed by atoms with E-state index in [9.17, 15) is 15.0 Å². The number of ether oxygens (including phenoxy) is 5. The summed E-state index contributed by atoms with van der Waals surface area (Å²) in [5.41, 5.74) is 2.12. The maximum absolute atomic E-state index is 12.7. The molecular formula is C21H20O8. The molecule has 8 nitrogen and oxygen atoms in total. The molecule has 152 valence electrons. The van der Waals surface area contributed by atoms with Crippen molar-refractivity contribution >= 4 is 5.97 Å². The standard InChI is InChI=1S/C21H20O8/c1-25-15-3-9(4-16(26-2)20(15)23)17-10-5-13-14(29-8-28-13)6-11(10)19(22)12-7-27-21(24)18(12)17/h3-6,12,17-19,22-23H,7-8H2,1-2H3/t12-,17+,18+,19-/m0/s1. The number of hydrogen-bond acceptors (Lipinski definition) is 8. The maximum Gasteiger partial charge on any atom is 0.310 e. The van der Waals surface area contributed by atoms with Crippen molar-refractivity contribution in [2.24, 2.45) is 11.8 Å². The Morgan fingerprint density at radius 3 is 2.21 bits per heavy atom. The lowest BCUT2D eigenvalue weighted by atomic mass is 9.66. The molecule has 0 radical (unpaired) electrons. The van der Waals surface area contributed by atoms with E-state index in [-0.39, 0.29) is 36.6 Å². The number of phenols is 1. The zero-order valence-corrected chi connectivity index (χ0v) is 15.9. The number of hydrogen-bond donors (Lipinski definition) is 2. The topological polar surface area (TPSA) is 104 Å². The van der Waals surface area contributed by atoms with Gasteiger partial charge >= 0.3 is 5.97 Å². The first kappa shape index (κ1) is 17.9. The molecule has 8 heteroatoms. The number of fused-ring (bicyclic) bond motifs is 3. The van der Waals surface area contributed by atoms with Gasteiger partial charge in [-0.2, -0.15) is 0 Å². The van der Waals surface area contributed by atoms with Gasteiger partial charge in [0.2, 0.25) is 12.5 Å². The summed E-state index contributed by atoms with van der Waals surface area (Å²) < 4.78 is 26.9. The van der Waals surface area contributed by atoms with Crippen LogP contribution in [0.5, 0.6) is 28.7 Å². The van der Waals surface area contributed by atoms with E-state index in [0.29, 0.717) is 22.6 Å². The average molecular weight is 400 g/mol. The van der Waals surface area contributed by atoms with Gasteiger partial charge in [0, 0.05) is 11.8 Å². The zero-order valence-electron chi connectivity index (χ0n) is 15.9. The number of carbonyl (C=O) groups is 1. The van der Waals surface area contributed by atoms with Crippen LogP contribution in [0.25, 0.3) is 0 Å². The van der Waals surface area contributed by atoms with Crippen molar-refractivity contribution in [1.29, 1.82) is 0 Å². The smallest absolute Gasteiger partial charge is 0.310 e. The van der Waals surface area contributed by atoms with Crippen LogP contribution >= 0.6 is 0 Å². The molecule has 5 rings (SSSR count). The minimum absolute atomic E-state index is 0.106. The number of benzene rings is 2. The van der Waals surface area contributed by atoms with Crippen LogP contribution < -0.4 is 18.9 Å². The third-order valence-electron chi connectivity index (χ3n) is 6.01. The summed E-state index contributed by atoms with van der Waals surface area (Å²) in [6.07, 6.45) is -0.867. The molecule has 2 heterocycles. The quantitative estimate of drug-likeness (QED) is 0.755. The summed E-state index contributed by atoms with van der Waals surface area (Å²) in [6, 6.07) is 6.93. The van der Waals surface area contributed by atoms with Crippen molar-refractivity contribution < 1.29 is 38.7 Å². The lowest BCUT2D eigenvalue weighted by Gasteiger charge is -2.37. The molecule has 0 saturated carbocycles. The van der Waals surface area contributed by atoms with Gasteiger partial charge in [-0.1, -0.05) is 0 Å². The number of carbonyl (C=O) groups excluding carboxylic acids is 1. The Balaban J connectivity index is 1.75. The Kier molecular flexibility index (Phi) is 3.99. The highest BCUT2D eigenvalue weighted by Crippen LogP contribution is 2.55. The number of aliphatic hydroxyl groups is 1. The number of methoxy groups -OCH3 is 2. The lowest BCUT2D eigenvalue weighted by Crippen LogP contribution is -2.34. The normalized spacial score (nSPS) is 26.5. The molecule has 2 aliphatic heterocycles. The molecular weight excluding hydrogens is 380 g/mol. The van der Waals surface area contributed by atoms with E-state index in [1.54, 1.807) is 24.3 Å². The second-order valence-corrected chi connectivity index (χ2v) is 7.35. The summed E-state index contributed by atoms with van der Waals surface area (Å²) in [7, 11) is 2.89. The van der Waals surface area contributed by atoms with Crippen LogP contribution in [0.4, 0.5) is 0 Å². The summed E-state index contributed by atoms with van der Waals surface area (Å²) in [4.78, 5) is 12.7. The van der Waals surface area contributed by atoms with Gasteiger partial charge in [-0.15, -0.1) is 0 Å². The van der Waals surface area contributed by atoms with Crippen LogP contribution in [0.1, 0.15) is 28.7 Å². The highest BCUT2D eigenvalue weighted by atomic mass is 16.7. The Morgan fingerprint density at radius 1 is 0.966 bits per heavy atom. The Hall–Kier alpha value is -3.13. The van der Waals surface area contributed by atoms with Gasteiger partial charge in [0.05, 0.1) is 32.8 Å². The summed E-state index contributed by atoms with van der Waals surface area (Å²) in [5, 5.41) is 21.3. The largest absolute Gasteiger partial charge is 0.502 e.